The van der Waals surface area contributed by atoms with Gasteiger partial charge in [-0.1, -0.05) is 11.6 Å². The van der Waals surface area contributed by atoms with Crippen molar-refractivity contribution >= 4 is 28.9 Å². The lowest BCUT2D eigenvalue weighted by molar-refractivity contribution is 0.0602. The molecule has 0 bridgehead atoms. The highest BCUT2D eigenvalue weighted by molar-refractivity contribution is 6.33. The van der Waals surface area contributed by atoms with Crippen LogP contribution < -0.4 is 11.5 Å². The molecule has 1 aromatic carbocycles. The maximum Gasteiger partial charge on any atom is 0.340 e. The molecule has 0 atom stereocenters. The van der Waals surface area contributed by atoms with Crippen molar-refractivity contribution in [2.24, 2.45) is 0 Å². The van der Waals surface area contributed by atoms with E-state index in [4.69, 9.17) is 23.1 Å². The van der Waals surface area contributed by atoms with Gasteiger partial charge < -0.3 is 16.2 Å². The number of nitrogens with two attached hydrogens (primary N) is 2. The zero-order valence-electron chi connectivity index (χ0n) is 7.00. The van der Waals surface area contributed by atoms with E-state index in [-0.39, 0.29) is 11.3 Å². The van der Waals surface area contributed by atoms with Gasteiger partial charge in [-0.3, -0.25) is 0 Å². The summed E-state index contributed by atoms with van der Waals surface area (Å²) in [6.07, 6.45) is 0. The second kappa shape index (κ2) is 3.53. The summed E-state index contributed by atoms with van der Waals surface area (Å²) in [7, 11) is 1.27. The summed E-state index contributed by atoms with van der Waals surface area (Å²) in [4.78, 5) is 11.1. The summed E-state index contributed by atoms with van der Waals surface area (Å²) in [5.41, 5.74) is 11.8. The Hall–Kier alpha value is -1.42. The lowest BCUT2D eigenvalue weighted by Crippen LogP contribution is -2.06. The second-order valence-electron chi connectivity index (χ2n) is 2.45. The standard InChI is InChI=1S/C8H9ClN2O2/c1-13-8(12)4-2-7(11)5(9)3-6(4)10/h2-3H,10-11H2,1H3. The van der Waals surface area contributed by atoms with Gasteiger partial charge in [0.25, 0.3) is 0 Å². The van der Waals surface area contributed by atoms with Gasteiger partial charge in [-0.25, -0.2) is 4.79 Å². The zero-order valence-corrected chi connectivity index (χ0v) is 7.76. The molecule has 13 heavy (non-hydrogen) atoms. The highest BCUT2D eigenvalue weighted by Gasteiger charge is 2.11. The van der Waals surface area contributed by atoms with Crippen molar-refractivity contribution in [1.29, 1.82) is 0 Å². The predicted molar refractivity (Wildman–Crippen MR) is 51.6 cm³/mol. The van der Waals surface area contributed by atoms with Gasteiger partial charge >= 0.3 is 5.97 Å². The molecule has 0 spiro atoms. The Morgan fingerprint density at radius 3 is 2.54 bits per heavy atom. The van der Waals surface area contributed by atoms with Crippen LogP contribution >= 0.6 is 11.6 Å². The Morgan fingerprint density at radius 1 is 1.38 bits per heavy atom. The van der Waals surface area contributed by atoms with Crippen molar-refractivity contribution in [3.8, 4) is 0 Å². The Labute approximate surface area is 80.4 Å². The number of esters is 1. The lowest BCUT2D eigenvalue weighted by atomic mass is 10.1. The van der Waals surface area contributed by atoms with E-state index in [1.807, 2.05) is 0 Å². The number of hydrogen-bond donors (Lipinski definition) is 2. The first-order valence-electron chi connectivity index (χ1n) is 3.49. The predicted octanol–water partition coefficient (Wildman–Crippen LogP) is 1.29. The van der Waals surface area contributed by atoms with Gasteiger partial charge in [-0.2, -0.15) is 0 Å². The van der Waals surface area contributed by atoms with Gasteiger partial charge in [-0.05, 0) is 12.1 Å². The topological polar surface area (TPSA) is 78.3 Å². The van der Waals surface area contributed by atoms with E-state index in [2.05, 4.69) is 4.74 Å². The minimum absolute atomic E-state index is 0.226. The summed E-state index contributed by atoms with van der Waals surface area (Å²) in [6.45, 7) is 0. The SMILES string of the molecule is COC(=O)c1cc(N)c(Cl)cc1N. The van der Waals surface area contributed by atoms with Crippen LogP contribution in [0, 0.1) is 0 Å². The number of hydrogen-bond acceptors (Lipinski definition) is 4. The molecule has 1 rings (SSSR count). The minimum Gasteiger partial charge on any atom is -0.465 e. The van der Waals surface area contributed by atoms with Crippen molar-refractivity contribution in [2.75, 3.05) is 18.6 Å². The molecule has 0 saturated carbocycles. The zero-order chi connectivity index (χ0) is 10.0. The van der Waals surface area contributed by atoms with Gasteiger partial charge in [0.2, 0.25) is 0 Å². The van der Waals surface area contributed by atoms with E-state index < -0.39 is 5.97 Å². The molecule has 0 saturated heterocycles. The van der Waals surface area contributed by atoms with E-state index in [0.29, 0.717) is 10.7 Å². The average molecular weight is 201 g/mol. The Kier molecular flexibility index (Phi) is 2.63. The molecule has 0 radical (unpaired) electrons. The van der Waals surface area contributed by atoms with Crippen molar-refractivity contribution in [2.45, 2.75) is 0 Å². The van der Waals surface area contributed by atoms with Crippen molar-refractivity contribution in [3.05, 3.63) is 22.7 Å². The molecule has 4 nitrogen and oxygen atoms in total. The number of methoxy groups -OCH3 is 1. The van der Waals surface area contributed by atoms with Crippen LogP contribution in [-0.4, -0.2) is 13.1 Å². The molecular weight excluding hydrogens is 192 g/mol. The van der Waals surface area contributed by atoms with Crippen molar-refractivity contribution in [1.82, 2.24) is 0 Å². The van der Waals surface area contributed by atoms with Gasteiger partial charge in [-0.15, -0.1) is 0 Å². The Morgan fingerprint density at radius 2 is 2.00 bits per heavy atom. The normalized spacial score (nSPS) is 9.69. The van der Waals surface area contributed by atoms with E-state index in [0.717, 1.165) is 0 Å². The van der Waals surface area contributed by atoms with Crippen LogP contribution in [0.4, 0.5) is 11.4 Å². The first-order chi connectivity index (χ1) is 6.06. The summed E-state index contributed by atoms with van der Waals surface area (Å²) in [5, 5.41) is 0.324. The van der Waals surface area contributed by atoms with Gasteiger partial charge in [0.1, 0.15) is 0 Å². The third-order valence-corrected chi connectivity index (χ3v) is 1.90. The van der Waals surface area contributed by atoms with Crippen LogP contribution in [0.5, 0.6) is 0 Å². The van der Waals surface area contributed by atoms with Gasteiger partial charge in [0.05, 0.1) is 23.4 Å². The fraction of sp³-hybridized carbons (Fsp3) is 0.125. The maximum absolute atomic E-state index is 11.1. The number of anilines is 2. The fourth-order valence-corrected chi connectivity index (χ4v) is 1.06. The number of carbonyl (C=O) groups excluding carboxylic acids is 1. The van der Waals surface area contributed by atoms with Crippen molar-refractivity contribution in [3.63, 3.8) is 0 Å². The molecule has 1 aromatic rings. The Balaban J connectivity index is 3.23. The molecule has 0 aliphatic heterocycles. The molecule has 70 valence electrons. The van der Waals surface area contributed by atoms with Gasteiger partial charge in [0, 0.05) is 5.69 Å². The van der Waals surface area contributed by atoms with Crippen LogP contribution in [0.3, 0.4) is 0 Å². The third-order valence-electron chi connectivity index (χ3n) is 1.57. The average Bonchev–Trinajstić information content (AvgIpc) is 2.10. The summed E-state index contributed by atoms with van der Waals surface area (Å²) < 4.78 is 4.49. The Bertz CT molecular complexity index is 352. The molecule has 0 unspecified atom stereocenters. The molecule has 0 aliphatic rings. The first-order valence-corrected chi connectivity index (χ1v) is 3.87. The largest absolute Gasteiger partial charge is 0.465 e. The lowest BCUT2D eigenvalue weighted by Gasteiger charge is -2.05. The number of nitrogen functional groups attached to an aromatic ring is 2. The number of ether oxygens (including phenoxy) is 1. The quantitative estimate of drug-likeness (QED) is 0.529. The van der Waals surface area contributed by atoms with Crippen LogP contribution in [-0.2, 0) is 4.74 Å². The monoisotopic (exact) mass is 200 g/mol. The summed E-state index contributed by atoms with van der Waals surface area (Å²) >= 11 is 5.68. The highest BCUT2D eigenvalue weighted by Crippen LogP contribution is 2.25. The molecule has 4 N–H and O–H groups in total. The molecular formula is C8H9ClN2O2. The number of benzene rings is 1. The number of carbonyl (C=O) groups is 1. The van der Waals surface area contributed by atoms with Crippen LogP contribution in [0.2, 0.25) is 5.02 Å². The molecule has 0 amide bonds. The molecule has 0 aliphatic carbocycles. The second-order valence-corrected chi connectivity index (χ2v) is 2.86. The van der Waals surface area contributed by atoms with Gasteiger partial charge in [0.15, 0.2) is 0 Å². The van der Waals surface area contributed by atoms with Crippen molar-refractivity contribution < 1.29 is 9.53 Å². The highest BCUT2D eigenvalue weighted by atomic mass is 35.5. The fourth-order valence-electron chi connectivity index (χ4n) is 0.892. The maximum atomic E-state index is 11.1. The molecule has 0 fully saturated rings. The molecule has 0 aromatic heterocycles. The first kappa shape index (κ1) is 9.67. The van der Waals surface area contributed by atoms with Crippen LogP contribution in [0.25, 0.3) is 0 Å². The summed E-state index contributed by atoms with van der Waals surface area (Å²) in [6, 6.07) is 2.81. The van der Waals surface area contributed by atoms with E-state index >= 15 is 0 Å². The molecule has 5 heteroatoms. The minimum atomic E-state index is -0.527. The third kappa shape index (κ3) is 1.84. The van der Waals surface area contributed by atoms with E-state index in [1.54, 1.807) is 0 Å². The van der Waals surface area contributed by atoms with E-state index in [9.17, 15) is 4.79 Å². The molecule has 0 heterocycles. The van der Waals surface area contributed by atoms with E-state index in [1.165, 1.54) is 19.2 Å². The van der Waals surface area contributed by atoms with Crippen LogP contribution in [0.1, 0.15) is 10.4 Å². The smallest absolute Gasteiger partial charge is 0.340 e. The number of rotatable bonds is 1. The van der Waals surface area contributed by atoms with Crippen LogP contribution in [0.15, 0.2) is 12.1 Å². The summed E-state index contributed by atoms with van der Waals surface area (Å²) in [5.74, 6) is -0.527. The number of halogens is 1.